The van der Waals surface area contributed by atoms with Gasteiger partial charge >= 0.3 is 0 Å². The molecule has 0 atom stereocenters. The van der Waals surface area contributed by atoms with Crippen molar-refractivity contribution in [1.82, 2.24) is 5.32 Å². The van der Waals surface area contributed by atoms with Gasteiger partial charge in [-0.05, 0) is 18.6 Å². The van der Waals surface area contributed by atoms with Crippen molar-refractivity contribution in [2.45, 2.75) is 19.8 Å². The third kappa shape index (κ3) is 6.67. The summed E-state index contributed by atoms with van der Waals surface area (Å²) in [5.41, 5.74) is 0.893. The van der Waals surface area contributed by atoms with E-state index in [9.17, 15) is 13.6 Å². The molecule has 0 unspecified atom stereocenters. The predicted molar refractivity (Wildman–Crippen MR) is 76.8 cm³/mol. The topological polar surface area (TPSA) is 58.6 Å². The lowest BCUT2D eigenvalue weighted by molar-refractivity contribution is 0.0188. The maximum Gasteiger partial charge on any atom is 0.261 e. The number of carbonyl (C=O) groups is 1. The first-order chi connectivity index (χ1) is 10.0. The number of rotatable bonds is 7. The van der Waals surface area contributed by atoms with E-state index in [-0.39, 0.29) is 25.7 Å². The zero-order chi connectivity index (χ0) is 15.7. The summed E-state index contributed by atoms with van der Waals surface area (Å²) >= 11 is 1.26. The molecular formula is C14H17F2NO3S. The van der Waals surface area contributed by atoms with E-state index in [1.165, 1.54) is 11.3 Å². The highest BCUT2D eigenvalue weighted by molar-refractivity contribution is 7.14. The van der Waals surface area contributed by atoms with E-state index >= 15 is 0 Å². The van der Waals surface area contributed by atoms with Crippen molar-refractivity contribution in [1.29, 1.82) is 0 Å². The number of aliphatic hydroxyl groups is 1. The van der Waals surface area contributed by atoms with Crippen LogP contribution in [-0.2, 0) is 4.74 Å². The Kier molecular flexibility index (Phi) is 7.90. The van der Waals surface area contributed by atoms with Crippen LogP contribution in [0, 0.1) is 18.8 Å². The monoisotopic (exact) mass is 317 g/mol. The van der Waals surface area contributed by atoms with Gasteiger partial charge in [-0.15, -0.1) is 11.3 Å². The van der Waals surface area contributed by atoms with Gasteiger partial charge in [-0.3, -0.25) is 4.79 Å². The number of halogens is 2. The number of thiophene rings is 1. The van der Waals surface area contributed by atoms with Gasteiger partial charge in [-0.2, -0.15) is 0 Å². The maximum absolute atomic E-state index is 11.8. The quantitative estimate of drug-likeness (QED) is 0.595. The minimum Gasteiger partial charge on any atom is -0.395 e. The molecule has 7 heteroatoms. The van der Waals surface area contributed by atoms with Crippen LogP contribution < -0.4 is 5.32 Å². The van der Waals surface area contributed by atoms with E-state index in [1.807, 2.05) is 6.92 Å². The Morgan fingerprint density at radius 1 is 1.57 bits per heavy atom. The van der Waals surface area contributed by atoms with Gasteiger partial charge in [-0.25, -0.2) is 8.78 Å². The summed E-state index contributed by atoms with van der Waals surface area (Å²) in [6.45, 7) is 1.45. The van der Waals surface area contributed by atoms with Crippen LogP contribution in [0.4, 0.5) is 8.78 Å². The summed E-state index contributed by atoms with van der Waals surface area (Å²) in [6, 6.07) is 1.73. The largest absolute Gasteiger partial charge is 0.395 e. The molecular weight excluding hydrogens is 300 g/mol. The summed E-state index contributed by atoms with van der Waals surface area (Å²) in [5, 5.41) is 11.3. The Hall–Kier alpha value is -1.49. The third-order valence-electron chi connectivity index (χ3n) is 2.36. The molecule has 0 aliphatic carbocycles. The summed E-state index contributed by atoms with van der Waals surface area (Å²) in [7, 11) is 0. The molecule has 1 heterocycles. The van der Waals surface area contributed by atoms with Crippen LogP contribution in [0.2, 0.25) is 0 Å². The van der Waals surface area contributed by atoms with Crippen LogP contribution >= 0.6 is 11.3 Å². The average Bonchev–Trinajstić information content (AvgIpc) is 2.80. The van der Waals surface area contributed by atoms with Crippen molar-refractivity contribution < 1.29 is 23.4 Å². The molecule has 1 rings (SSSR count). The Morgan fingerprint density at radius 3 is 3.00 bits per heavy atom. The molecule has 1 aromatic heterocycles. The van der Waals surface area contributed by atoms with Crippen LogP contribution in [-0.4, -0.2) is 43.8 Å². The highest BCUT2D eigenvalue weighted by Gasteiger charge is 2.11. The summed E-state index contributed by atoms with van der Waals surface area (Å²) in [6.07, 6.45) is -2.11. The zero-order valence-electron chi connectivity index (χ0n) is 11.6. The van der Waals surface area contributed by atoms with E-state index in [0.29, 0.717) is 11.3 Å². The Morgan fingerprint density at radius 2 is 2.33 bits per heavy atom. The van der Waals surface area contributed by atoms with Gasteiger partial charge in [0.15, 0.2) is 0 Å². The van der Waals surface area contributed by atoms with Crippen molar-refractivity contribution >= 4 is 17.2 Å². The van der Waals surface area contributed by atoms with Crippen LogP contribution in [0.3, 0.4) is 0 Å². The first-order valence-electron chi connectivity index (χ1n) is 6.39. The Balaban J connectivity index is 2.45. The third-order valence-corrected chi connectivity index (χ3v) is 3.51. The first kappa shape index (κ1) is 17.6. The second-order valence-corrected chi connectivity index (χ2v) is 5.17. The van der Waals surface area contributed by atoms with Crippen LogP contribution in [0.1, 0.15) is 26.5 Å². The fourth-order valence-electron chi connectivity index (χ4n) is 1.41. The van der Waals surface area contributed by atoms with Gasteiger partial charge in [0.2, 0.25) is 0 Å². The second-order valence-electron chi connectivity index (χ2n) is 4.12. The van der Waals surface area contributed by atoms with Gasteiger partial charge in [0, 0.05) is 13.0 Å². The van der Waals surface area contributed by atoms with E-state index in [0.717, 1.165) is 10.4 Å². The van der Waals surface area contributed by atoms with Gasteiger partial charge in [0.05, 0.1) is 23.0 Å². The fourth-order valence-corrected chi connectivity index (χ4v) is 2.38. The predicted octanol–water partition coefficient (Wildman–Crippen LogP) is 1.80. The minimum absolute atomic E-state index is 0.00336. The Labute approximate surface area is 126 Å². The summed E-state index contributed by atoms with van der Waals surface area (Å²) in [4.78, 5) is 13.1. The standard InChI is InChI=1S/C14H17F2NO3S/c1-10-8-12(21-11(10)4-2-3-6-18)14(19)17-5-7-20-9-13(15)16/h8,13,18H,3,5-7,9H2,1H3,(H,17,19). The van der Waals surface area contributed by atoms with Crippen LogP contribution in [0.5, 0.6) is 0 Å². The zero-order valence-corrected chi connectivity index (χ0v) is 12.4. The molecule has 2 N–H and O–H groups in total. The number of carbonyl (C=O) groups excluding carboxylic acids is 1. The molecule has 0 spiro atoms. The molecule has 21 heavy (non-hydrogen) atoms. The van der Waals surface area contributed by atoms with Crippen molar-refractivity contribution in [2.75, 3.05) is 26.4 Å². The number of alkyl halides is 2. The van der Waals surface area contributed by atoms with E-state index < -0.39 is 13.0 Å². The molecule has 0 bridgehead atoms. The molecule has 0 radical (unpaired) electrons. The van der Waals surface area contributed by atoms with E-state index in [2.05, 4.69) is 21.9 Å². The fraction of sp³-hybridized carbons (Fsp3) is 0.500. The molecule has 0 aliphatic heterocycles. The number of hydrogen-bond donors (Lipinski definition) is 2. The number of hydrogen-bond acceptors (Lipinski definition) is 4. The maximum atomic E-state index is 11.8. The average molecular weight is 317 g/mol. The van der Waals surface area contributed by atoms with Gasteiger partial charge < -0.3 is 15.2 Å². The highest BCUT2D eigenvalue weighted by Crippen LogP contribution is 2.20. The van der Waals surface area contributed by atoms with Crippen molar-refractivity contribution in [3.05, 3.63) is 21.4 Å². The smallest absolute Gasteiger partial charge is 0.261 e. The molecule has 1 amide bonds. The van der Waals surface area contributed by atoms with E-state index in [1.54, 1.807) is 6.07 Å². The minimum atomic E-state index is -2.50. The number of ether oxygens (including phenoxy) is 1. The lowest BCUT2D eigenvalue weighted by Gasteiger charge is -2.04. The molecule has 1 aromatic rings. The van der Waals surface area contributed by atoms with Crippen molar-refractivity contribution in [2.24, 2.45) is 0 Å². The van der Waals surface area contributed by atoms with Crippen molar-refractivity contribution in [3.8, 4) is 11.8 Å². The van der Waals surface area contributed by atoms with E-state index in [4.69, 9.17) is 5.11 Å². The molecule has 116 valence electrons. The molecule has 0 saturated carbocycles. The summed E-state index contributed by atoms with van der Waals surface area (Å²) in [5.74, 6) is 5.42. The lowest BCUT2D eigenvalue weighted by Crippen LogP contribution is -2.27. The second kappa shape index (κ2) is 9.45. The molecule has 0 aliphatic rings. The van der Waals surface area contributed by atoms with Gasteiger partial charge in [-0.1, -0.05) is 11.8 Å². The lowest BCUT2D eigenvalue weighted by atomic mass is 10.2. The molecule has 0 aromatic carbocycles. The molecule has 4 nitrogen and oxygen atoms in total. The van der Waals surface area contributed by atoms with Gasteiger partial charge in [0.1, 0.15) is 6.61 Å². The number of nitrogens with one attached hydrogen (secondary N) is 1. The number of amides is 1. The first-order valence-corrected chi connectivity index (χ1v) is 7.20. The number of aryl methyl sites for hydroxylation is 1. The molecule has 0 saturated heterocycles. The van der Waals surface area contributed by atoms with Gasteiger partial charge in [0.25, 0.3) is 12.3 Å². The normalized spacial score (nSPS) is 10.3. The van der Waals surface area contributed by atoms with Crippen LogP contribution in [0.25, 0.3) is 0 Å². The molecule has 0 fully saturated rings. The SMILES string of the molecule is Cc1cc(C(=O)NCCOCC(F)F)sc1C#CCCO. The van der Waals surface area contributed by atoms with Crippen molar-refractivity contribution in [3.63, 3.8) is 0 Å². The summed E-state index contributed by atoms with van der Waals surface area (Å²) < 4.78 is 28.3. The van der Waals surface area contributed by atoms with Crippen LogP contribution in [0.15, 0.2) is 6.07 Å². The number of aliphatic hydroxyl groups excluding tert-OH is 1. The highest BCUT2D eigenvalue weighted by atomic mass is 32.1. The Bertz CT molecular complexity index is 520.